The second kappa shape index (κ2) is 7.29. The van der Waals surface area contributed by atoms with E-state index in [1.807, 2.05) is 11.4 Å². The molecule has 0 atom stereocenters. The second-order valence-corrected chi connectivity index (χ2v) is 5.84. The number of aromatic hydroxyl groups is 1. The van der Waals surface area contributed by atoms with E-state index in [4.69, 9.17) is 16.9 Å². The number of aromatic nitrogens is 3. The van der Waals surface area contributed by atoms with Gasteiger partial charge in [-0.2, -0.15) is 4.98 Å². The molecular weight excluding hydrogens is 318 g/mol. The Labute approximate surface area is 144 Å². The van der Waals surface area contributed by atoms with Crippen molar-refractivity contribution in [3.8, 4) is 5.75 Å². The molecule has 0 unspecified atom stereocenters. The highest BCUT2D eigenvalue weighted by molar-refractivity contribution is 6.16. The minimum Gasteiger partial charge on any atom is -0.508 e. The van der Waals surface area contributed by atoms with Gasteiger partial charge < -0.3 is 21.6 Å². The van der Waals surface area contributed by atoms with Crippen molar-refractivity contribution in [2.24, 2.45) is 5.73 Å². The Morgan fingerprint density at radius 3 is 2.88 bits per heavy atom. The molecule has 0 fully saturated rings. The van der Waals surface area contributed by atoms with Crippen molar-refractivity contribution in [3.05, 3.63) is 41.9 Å². The first-order valence-electron chi connectivity index (χ1n) is 8.15. The van der Waals surface area contributed by atoms with E-state index in [1.165, 1.54) is 6.33 Å². The number of fused-ring (bicyclic) bond motifs is 1. The lowest BCUT2D eigenvalue weighted by Crippen LogP contribution is -2.79. The van der Waals surface area contributed by atoms with Gasteiger partial charge in [0.15, 0.2) is 0 Å². The van der Waals surface area contributed by atoms with Crippen LogP contribution in [0.5, 0.6) is 5.75 Å². The van der Waals surface area contributed by atoms with Gasteiger partial charge in [0.25, 0.3) is 0 Å². The lowest BCUT2D eigenvalue weighted by atomic mass is 10.1. The van der Waals surface area contributed by atoms with Crippen LogP contribution in [0.2, 0.25) is 0 Å². The standard InChI is InChI=1S/C17H21N7O/c18-5-1-2-6-21-17-14(16(20)22-9-23-17)15(19)13-8-10-7-11(25)3-4-12(10)24-13/h3-4,7-9,19,24-25H,1-2,5-6,18H2,(H3,20,21,22,23)/p+1. The van der Waals surface area contributed by atoms with Crippen molar-refractivity contribution in [1.29, 1.82) is 5.41 Å². The maximum atomic E-state index is 9.60. The number of benzene rings is 1. The molecule has 3 rings (SSSR count). The van der Waals surface area contributed by atoms with Crippen molar-refractivity contribution in [3.63, 3.8) is 0 Å². The number of aromatic amines is 1. The largest absolute Gasteiger partial charge is 0.508 e. The fourth-order valence-corrected chi connectivity index (χ4v) is 2.74. The molecule has 0 aliphatic rings. The molecular formula is C17H22N7O+. The number of hydrogen-bond donors (Lipinski definition) is 6. The molecule has 1 aromatic carbocycles. The third-order valence-electron chi connectivity index (χ3n) is 4.03. The predicted molar refractivity (Wildman–Crippen MR) is 97.1 cm³/mol. The van der Waals surface area contributed by atoms with E-state index in [0.29, 0.717) is 23.6 Å². The summed E-state index contributed by atoms with van der Waals surface area (Å²) in [5, 5.41) is 21.0. The molecule has 8 nitrogen and oxygen atoms in total. The Bertz CT molecular complexity index is 903. The Hall–Kier alpha value is -2.97. The van der Waals surface area contributed by atoms with Crippen LogP contribution in [0.3, 0.4) is 0 Å². The van der Waals surface area contributed by atoms with Gasteiger partial charge in [-0.05, 0) is 43.7 Å². The molecule has 0 radical (unpaired) electrons. The number of hydrogen-bond acceptors (Lipinski definition) is 6. The van der Waals surface area contributed by atoms with Crippen LogP contribution in [0.15, 0.2) is 30.6 Å². The zero-order valence-electron chi connectivity index (χ0n) is 13.8. The number of quaternary nitrogens is 1. The summed E-state index contributed by atoms with van der Waals surface area (Å²) < 4.78 is 0. The number of nitrogen functional groups attached to an aromatic ring is 1. The molecule has 2 aromatic heterocycles. The number of rotatable bonds is 7. The number of phenolic OH excluding ortho intramolecular Hbond substituents is 1. The zero-order valence-corrected chi connectivity index (χ0v) is 13.8. The molecule has 9 N–H and O–H groups in total. The predicted octanol–water partition coefficient (Wildman–Crippen LogP) is 0.596. The maximum Gasteiger partial charge on any atom is 0.239 e. The van der Waals surface area contributed by atoms with Gasteiger partial charge in [0.1, 0.15) is 23.5 Å². The monoisotopic (exact) mass is 340 g/mol. The molecule has 0 amide bonds. The summed E-state index contributed by atoms with van der Waals surface area (Å²) in [5.74, 6) is 1.10. The Kier molecular flexibility index (Phi) is 4.92. The molecule has 130 valence electrons. The summed E-state index contributed by atoms with van der Waals surface area (Å²) in [6.07, 6.45) is 3.30. The first-order chi connectivity index (χ1) is 12.1. The fourth-order valence-electron chi connectivity index (χ4n) is 2.74. The van der Waals surface area contributed by atoms with Crippen molar-refractivity contribution in [2.45, 2.75) is 12.8 Å². The summed E-state index contributed by atoms with van der Waals surface area (Å²) in [6.45, 7) is 1.47. The first-order valence-corrected chi connectivity index (χ1v) is 8.15. The van der Waals surface area contributed by atoms with Crippen molar-refractivity contribution >= 4 is 28.3 Å². The average molecular weight is 340 g/mol. The number of nitrogens with zero attached hydrogens (tertiary/aromatic N) is 2. The topological polar surface area (TPSA) is 154 Å². The van der Waals surface area contributed by atoms with Crippen molar-refractivity contribution in [2.75, 3.05) is 18.8 Å². The molecule has 0 saturated heterocycles. The Morgan fingerprint density at radius 1 is 1.24 bits per heavy atom. The van der Waals surface area contributed by atoms with E-state index in [1.54, 1.807) is 18.2 Å². The summed E-state index contributed by atoms with van der Waals surface area (Å²) >= 11 is 0. The van der Waals surface area contributed by atoms with Crippen LogP contribution in [0, 0.1) is 5.41 Å². The molecule has 0 aliphatic carbocycles. The van der Waals surface area contributed by atoms with E-state index in [-0.39, 0.29) is 17.3 Å². The maximum absolute atomic E-state index is 9.60. The van der Waals surface area contributed by atoms with Gasteiger partial charge in [0.05, 0.1) is 18.0 Å². The number of H-pyrrole nitrogens is 1. The van der Waals surface area contributed by atoms with Gasteiger partial charge in [-0.25, -0.2) is 4.98 Å². The van der Waals surface area contributed by atoms with Gasteiger partial charge in [0, 0.05) is 10.9 Å². The Morgan fingerprint density at radius 2 is 2.08 bits per heavy atom. The molecule has 2 heterocycles. The molecule has 3 aromatic rings. The molecule has 0 saturated carbocycles. The third-order valence-corrected chi connectivity index (χ3v) is 4.03. The number of nitrogens with one attached hydrogen (secondary N) is 2. The van der Waals surface area contributed by atoms with Crippen LogP contribution in [-0.2, 0) is 0 Å². The first kappa shape index (κ1) is 16.9. The molecule has 0 bridgehead atoms. The van der Waals surface area contributed by atoms with Gasteiger partial charge >= 0.3 is 0 Å². The summed E-state index contributed by atoms with van der Waals surface area (Å²) in [6, 6.07) is 6.82. The van der Waals surface area contributed by atoms with Crippen LogP contribution in [0.4, 0.5) is 11.6 Å². The number of nitrogens with two attached hydrogens (primary N) is 3. The van der Waals surface area contributed by atoms with Crippen LogP contribution in [-0.4, -0.2) is 38.9 Å². The van der Waals surface area contributed by atoms with Crippen molar-refractivity contribution in [1.82, 2.24) is 15.0 Å². The summed E-state index contributed by atoms with van der Waals surface area (Å²) in [5.41, 5.74) is 13.7. The van der Waals surface area contributed by atoms with E-state index < -0.39 is 0 Å². The van der Waals surface area contributed by atoms with E-state index in [0.717, 1.165) is 30.3 Å². The van der Waals surface area contributed by atoms with Crippen LogP contribution in [0.25, 0.3) is 10.9 Å². The van der Waals surface area contributed by atoms with E-state index >= 15 is 0 Å². The summed E-state index contributed by atoms with van der Waals surface area (Å²) in [4.78, 5) is 11.5. The summed E-state index contributed by atoms with van der Waals surface area (Å²) in [7, 11) is 0. The quantitative estimate of drug-likeness (QED) is 0.274. The van der Waals surface area contributed by atoms with Gasteiger partial charge in [-0.1, -0.05) is 0 Å². The van der Waals surface area contributed by atoms with Crippen LogP contribution < -0.4 is 16.8 Å². The average Bonchev–Trinajstić information content (AvgIpc) is 3.01. The Balaban J connectivity index is 1.92. The minimum atomic E-state index is 0.182. The molecule has 0 spiro atoms. The fraction of sp³-hybridized carbons (Fsp3) is 0.235. The van der Waals surface area contributed by atoms with Crippen LogP contribution >= 0.6 is 0 Å². The number of phenols is 1. The van der Waals surface area contributed by atoms with Crippen LogP contribution in [0.1, 0.15) is 24.1 Å². The van der Waals surface area contributed by atoms with Crippen molar-refractivity contribution < 1.29 is 10.4 Å². The SMILES string of the molecule is N=C(c1cc2cc(O)ccc2[nH]1)c1c(N)ncnc1[NH2+]CCCCN. The highest BCUT2D eigenvalue weighted by Gasteiger charge is 2.20. The minimum absolute atomic E-state index is 0.182. The molecule has 8 heteroatoms. The lowest BCUT2D eigenvalue weighted by Gasteiger charge is -2.08. The van der Waals surface area contributed by atoms with Gasteiger partial charge in [-0.15, -0.1) is 0 Å². The highest BCUT2D eigenvalue weighted by Crippen LogP contribution is 2.24. The highest BCUT2D eigenvalue weighted by atomic mass is 16.3. The lowest BCUT2D eigenvalue weighted by molar-refractivity contribution is -0.575. The number of anilines is 1. The molecule has 0 aliphatic heterocycles. The third kappa shape index (κ3) is 3.59. The second-order valence-electron chi connectivity index (χ2n) is 5.84. The number of unbranched alkanes of at least 4 members (excludes halogenated alkanes) is 1. The van der Waals surface area contributed by atoms with Gasteiger partial charge in [-0.3, -0.25) is 10.7 Å². The smallest absolute Gasteiger partial charge is 0.239 e. The normalized spacial score (nSPS) is 11.1. The van der Waals surface area contributed by atoms with E-state index in [2.05, 4.69) is 15.0 Å². The molecule has 25 heavy (non-hydrogen) atoms. The van der Waals surface area contributed by atoms with Gasteiger partial charge in [0.2, 0.25) is 5.82 Å². The van der Waals surface area contributed by atoms with E-state index in [9.17, 15) is 5.11 Å². The zero-order chi connectivity index (χ0) is 17.8.